The molecule has 0 spiro atoms. The van der Waals surface area contributed by atoms with Crippen LogP contribution in [0.15, 0.2) is 4.99 Å². The van der Waals surface area contributed by atoms with Crippen molar-refractivity contribution in [2.24, 2.45) is 10.9 Å². The Kier molecular flexibility index (Phi) is 9.86. The van der Waals surface area contributed by atoms with E-state index in [1.807, 2.05) is 0 Å². The molecule has 0 saturated carbocycles. The van der Waals surface area contributed by atoms with Crippen molar-refractivity contribution in [2.75, 3.05) is 27.7 Å². The van der Waals surface area contributed by atoms with Crippen LogP contribution in [0.5, 0.6) is 0 Å². The molecule has 0 aliphatic carbocycles. The van der Waals surface area contributed by atoms with E-state index in [1.54, 1.807) is 26.0 Å². The highest BCUT2D eigenvalue weighted by Gasteiger charge is 2.07. The molecule has 0 heterocycles. The molecule has 5 nitrogen and oxygen atoms in total. The van der Waals surface area contributed by atoms with E-state index in [-0.39, 0.29) is 5.91 Å². The summed E-state index contributed by atoms with van der Waals surface area (Å²) in [7, 11) is 5.29. The van der Waals surface area contributed by atoms with Crippen molar-refractivity contribution in [3.05, 3.63) is 0 Å². The van der Waals surface area contributed by atoms with Gasteiger partial charge < -0.3 is 15.5 Å². The SMILES string of the molecule is CN=C(NCCC(=O)N(C)C)NC(C)CCCC(C)C. The molecule has 0 radical (unpaired) electrons. The molecule has 2 N–H and O–H groups in total. The van der Waals surface area contributed by atoms with Crippen LogP contribution >= 0.6 is 0 Å². The smallest absolute Gasteiger partial charge is 0.223 e. The highest BCUT2D eigenvalue weighted by atomic mass is 16.2. The predicted molar refractivity (Wildman–Crippen MR) is 86.0 cm³/mol. The van der Waals surface area contributed by atoms with Gasteiger partial charge in [0, 0.05) is 40.2 Å². The summed E-state index contributed by atoms with van der Waals surface area (Å²) in [6.45, 7) is 7.27. The third kappa shape index (κ3) is 9.64. The second-order valence-corrected chi connectivity index (χ2v) is 5.91. The first-order valence-electron chi connectivity index (χ1n) is 7.54. The van der Waals surface area contributed by atoms with Gasteiger partial charge in [-0.3, -0.25) is 9.79 Å². The fourth-order valence-corrected chi connectivity index (χ4v) is 1.84. The van der Waals surface area contributed by atoms with Crippen LogP contribution in [-0.4, -0.2) is 50.5 Å². The summed E-state index contributed by atoms with van der Waals surface area (Å²) >= 11 is 0. The van der Waals surface area contributed by atoms with Crippen molar-refractivity contribution in [3.63, 3.8) is 0 Å². The lowest BCUT2D eigenvalue weighted by Gasteiger charge is -2.18. The van der Waals surface area contributed by atoms with Crippen molar-refractivity contribution in [1.82, 2.24) is 15.5 Å². The van der Waals surface area contributed by atoms with Crippen LogP contribution in [-0.2, 0) is 4.79 Å². The van der Waals surface area contributed by atoms with Crippen molar-refractivity contribution in [3.8, 4) is 0 Å². The molecule has 0 fully saturated rings. The number of rotatable bonds is 8. The standard InChI is InChI=1S/C15H32N4O/c1-12(2)8-7-9-13(3)18-15(16-4)17-11-10-14(20)19(5)6/h12-13H,7-11H2,1-6H3,(H2,16,17,18). The van der Waals surface area contributed by atoms with Crippen molar-refractivity contribution in [2.45, 2.75) is 52.5 Å². The van der Waals surface area contributed by atoms with Crippen molar-refractivity contribution >= 4 is 11.9 Å². The van der Waals surface area contributed by atoms with Crippen molar-refractivity contribution in [1.29, 1.82) is 0 Å². The highest BCUT2D eigenvalue weighted by Crippen LogP contribution is 2.08. The Balaban J connectivity index is 3.89. The maximum Gasteiger partial charge on any atom is 0.223 e. The van der Waals surface area contributed by atoms with Gasteiger partial charge in [0.05, 0.1) is 0 Å². The Morgan fingerprint density at radius 3 is 2.35 bits per heavy atom. The van der Waals surface area contributed by atoms with Crippen molar-refractivity contribution < 1.29 is 4.79 Å². The van der Waals surface area contributed by atoms with Crippen LogP contribution in [0.2, 0.25) is 0 Å². The average Bonchev–Trinajstić information content (AvgIpc) is 2.36. The third-order valence-corrected chi connectivity index (χ3v) is 3.16. The Morgan fingerprint density at radius 1 is 1.20 bits per heavy atom. The minimum Gasteiger partial charge on any atom is -0.356 e. The van der Waals surface area contributed by atoms with Gasteiger partial charge >= 0.3 is 0 Å². The maximum absolute atomic E-state index is 11.5. The van der Waals surface area contributed by atoms with Gasteiger partial charge in [-0.15, -0.1) is 0 Å². The average molecular weight is 284 g/mol. The molecule has 1 unspecified atom stereocenters. The van der Waals surface area contributed by atoms with Gasteiger partial charge in [-0.2, -0.15) is 0 Å². The van der Waals surface area contributed by atoms with Gasteiger partial charge in [0.15, 0.2) is 5.96 Å². The van der Waals surface area contributed by atoms with E-state index in [4.69, 9.17) is 0 Å². The highest BCUT2D eigenvalue weighted by molar-refractivity contribution is 5.81. The molecular formula is C15H32N4O. The Labute approximate surface area is 124 Å². The van der Waals surface area contributed by atoms with E-state index in [0.29, 0.717) is 19.0 Å². The lowest BCUT2D eigenvalue weighted by Crippen LogP contribution is -2.43. The van der Waals surface area contributed by atoms with E-state index >= 15 is 0 Å². The minimum absolute atomic E-state index is 0.123. The van der Waals surface area contributed by atoms with Gasteiger partial charge in [-0.25, -0.2) is 0 Å². The van der Waals surface area contributed by atoms with Gasteiger partial charge in [0.25, 0.3) is 0 Å². The molecule has 20 heavy (non-hydrogen) atoms. The van der Waals surface area contributed by atoms with E-state index in [2.05, 4.69) is 36.4 Å². The fourth-order valence-electron chi connectivity index (χ4n) is 1.84. The van der Waals surface area contributed by atoms with E-state index < -0.39 is 0 Å². The van der Waals surface area contributed by atoms with E-state index in [9.17, 15) is 4.79 Å². The summed E-state index contributed by atoms with van der Waals surface area (Å²) in [5.74, 6) is 1.66. The number of aliphatic imine (C=N–C) groups is 1. The molecule has 0 bridgehead atoms. The second-order valence-electron chi connectivity index (χ2n) is 5.91. The van der Waals surface area contributed by atoms with Crippen LogP contribution in [0.25, 0.3) is 0 Å². The summed E-state index contributed by atoms with van der Waals surface area (Å²) in [5, 5.41) is 6.53. The molecule has 118 valence electrons. The second kappa shape index (κ2) is 10.5. The lowest BCUT2D eigenvalue weighted by molar-refractivity contribution is -0.128. The van der Waals surface area contributed by atoms with Gasteiger partial charge in [0.2, 0.25) is 5.91 Å². The molecular weight excluding hydrogens is 252 g/mol. The fraction of sp³-hybridized carbons (Fsp3) is 0.867. The lowest BCUT2D eigenvalue weighted by atomic mass is 10.0. The number of amides is 1. The third-order valence-electron chi connectivity index (χ3n) is 3.16. The number of nitrogens with zero attached hydrogens (tertiary/aromatic N) is 2. The summed E-state index contributed by atoms with van der Waals surface area (Å²) in [5.41, 5.74) is 0. The Bertz CT molecular complexity index is 300. The topological polar surface area (TPSA) is 56.7 Å². The first-order valence-corrected chi connectivity index (χ1v) is 7.54. The van der Waals surface area contributed by atoms with E-state index in [0.717, 1.165) is 18.3 Å². The quantitative estimate of drug-likeness (QED) is 0.528. The van der Waals surface area contributed by atoms with Crippen LogP contribution in [0, 0.1) is 5.92 Å². The van der Waals surface area contributed by atoms with Gasteiger partial charge in [-0.1, -0.05) is 26.7 Å². The first kappa shape index (κ1) is 18.7. The minimum atomic E-state index is 0.123. The number of carbonyl (C=O) groups excluding carboxylic acids is 1. The summed E-state index contributed by atoms with van der Waals surface area (Å²) in [6.07, 6.45) is 4.10. The van der Waals surface area contributed by atoms with Crippen LogP contribution in [0.3, 0.4) is 0 Å². The van der Waals surface area contributed by atoms with Crippen LogP contribution in [0.4, 0.5) is 0 Å². The number of nitrogens with one attached hydrogen (secondary N) is 2. The Morgan fingerprint density at radius 2 is 1.85 bits per heavy atom. The largest absolute Gasteiger partial charge is 0.356 e. The first-order chi connectivity index (χ1) is 9.36. The molecule has 1 amide bonds. The zero-order valence-corrected chi connectivity index (χ0v) is 14.0. The molecule has 0 saturated heterocycles. The van der Waals surface area contributed by atoms with Gasteiger partial charge in [-0.05, 0) is 19.3 Å². The maximum atomic E-state index is 11.5. The number of guanidine groups is 1. The summed E-state index contributed by atoms with van der Waals surface area (Å²) < 4.78 is 0. The molecule has 0 aromatic carbocycles. The Hall–Kier alpha value is -1.26. The zero-order valence-electron chi connectivity index (χ0n) is 14.0. The summed E-state index contributed by atoms with van der Waals surface area (Å²) in [4.78, 5) is 17.3. The monoisotopic (exact) mass is 284 g/mol. The molecule has 0 aromatic heterocycles. The van der Waals surface area contributed by atoms with Crippen LogP contribution in [0.1, 0.15) is 46.5 Å². The molecule has 0 aliphatic heterocycles. The molecule has 0 rings (SSSR count). The van der Waals surface area contributed by atoms with Gasteiger partial charge in [0.1, 0.15) is 0 Å². The number of hydrogen-bond donors (Lipinski definition) is 2. The molecule has 0 aliphatic rings. The molecule has 0 aromatic rings. The van der Waals surface area contributed by atoms with E-state index in [1.165, 1.54) is 12.8 Å². The number of carbonyl (C=O) groups is 1. The number of hydrogen-bond acceptors (Lipinski definition) is 2. The molecule has 1 atom stereocenters. The predicted octanol–water partition coefficient (Wildman–Crippen LogP) is 1.84. The zero-order chi connectivity index (χ0) is 15.5. The van der Waals surface area contributed by atoms with Crippen LogP contribution < -0.4 is 10.6 Å². The normalized spacial score (nSPS) is 13.2. The summed E-state index contributed by atoms with van der Waals surface area (Å²) in [6, 6.07) is 0.393. The molecule has 5 heteroatoms.